The van der Waals surface area contributed by atoms with Gasteiger partial charge in [-0.25, -0.2) is 0 Å². The van der Waals surface area contributed by atoms with Crippen molar-refractivity contribution in [2.45, 2.75) is 31.3 Å². The van der Waals surface area contributed by atoms with E-state index in [9.17, 15) is 4.79 Å². The third-order valence-corrected chi connectivity index (χ3v) is 4.66. The van der Waals surface area contributed by atoms with Crippen LogP contribution in [0, 0.1) is 0 Å². The number of carbonyl (C=O) groups is 1. The summed E-state index contributed by atoms with van der Waals surface area (Å²) in [5, 5.41) is 3.28. The maximum Gasteiger partial charge on any atom is 0.254 e. The second-order valence-corrected chi connectivity index (χ2v) is 6.13. The minimum Gasteiger partial charge on any atom is -0.497 e. The number of aryl methyl sites for hydroxylation is 1. The van der Waals surface area contributed by atoms with E-state index in [2.05, 4.69) is 17.4 Å². The van der Waals surface area contributed by atoms with Crippen molar-refractivity contribution in [1.82, 2.24) is 10.2 Å². The number of benzene rings is 1. The van der Waals surface area contributed by atoms with Crippen molar-refractivity contribution in [2.24, 2.45) is 0 Å². The van der Waals surface area contributed by atoms with Gasteiger partial charge in [0.25, 0.3) is 5.91 Å². The Kier molecular flexibility index (Phi) is 8.53. The Hall–Kier alpha value is -1.30. The molecule has 5 nitrogen and oxygen atoms in total. The molecule has 1 fully saturated rings. The first-order valence-corrected chi connectivity index (χ1v) is 8.26. The highest BCUT2D eigenvalue weighted by Crippen LogP contribution is 2.25. The van der Waals surface area contributed by atoms with E-state index < -0.39 is 5.60 Å². The van der Waals surface area contributed by atoms with Crippen molar-refractivity contribution in [3.05, 3.63) is 29.8 Å². The summed E-state index contributed by atoms with van der Waals surface area (Å²) >= 11 is 0. The molecule has 0 unspecified atom stereocenters. The second kappa shape index (κ2) is 9.87. The molecule has 0 atom stereocenters. The van der Waals surface area contributed by atoms with Crippen molar-refractivity contribution in [3.63, 3.8) is 0 Å². The number of rotatable bonds is 7. The number of methoxy groups -OCH3 is 2. The maximum absolute atomic E-state index is 12.7. The van der Waals surface area contributed by atoms with Crippen molar-refractivity contribution >= 4 is 18.3 Å². The van der Waals surface area contributed by atoms with Crippen LogP contribution in [0.5, 0.6) is 5.75 Å². The largest absolute Gasteiger partial charge is 0.497 e. The summed E-state index contributed by atoms with van der Waals surface area (Å²) in [6.07, 6.45) is 3.37. The lowest BCUT2D eigenvalue weighted by Crippen LogP contribution is -2.54. The van der Waals surface area contributed by atoms with Gasteiger partial charge in [-0.15, -0.1) is 12.4 Å². The molecule has 0 bridgehead atoms. The Morgan fingerprint density at radius 3 is 2.38 bits per heavy atom. The molecule has 0 aliphatic carbocycles. The number of nitrogens with one attached hydrogen (secondary N) is 1. The van der Waals surface area contributed by atoms with Crippen molar-refractivity contribution in [3.8, 4) is 5.75 Å². The number of hydrogen-bond donors (Lipinski definition) is 1. The molecule has 1 saturated heterocycles. The Labute approximate surface area is 151 Å². The lowest BCUT2D eigenvalue weighted by atomic mass is 9.90. The van der Waals surface area contributed by atoms with Gasteiger partial charge in [-0.3, -0.25) is 4.79 Å². The van der Waals surface area contributed by atoms with Crippen LogP contribution < -0.4 is 10.1 Å². The molecule has 1 aromatic rings. The number of likely N-dealkylation sites (N-methyl/N-ethyl adjacent to an activating group) is 1. The number of ether oxygens (including phenoxy) is 2. The Bertz CT molecular complexity index is 501. The van der Waals surface area contributed by atoms with Gasteiger partial charge in [-0.05, 0) is 56.5 Å². The van der Waals surface area contributed by atoms with Gasteiger partial charge in [0.05, 0.1) is 7.11 Å². The van der Waals surface area contributed by atoms with E-state index in [-0.39, 0.29) is 18.3 Å². The number of carbonyl (C=O) groups excluding carboxylic acids is 1. The Balaban J connectivity index is 0.00000288. The first-order chi connectivity index (χ1) is 11.1. The molecular weight excluding hydrogens is 328 g/mol. The van der Waals surface area contributed by atoms with Gasteiger partial charge in [0.1, 0.15) is 11.4 Å². The van der Waals surface area contributed by atoms with E-state index >= 15 is 0 Å². The molecule has 0 saturated carbocycles. The van der Waals surface area contributed by atoms with Crippen molar-refractivity contribution in [1.29, 1.82) is 0 Å². The van der Waals surface area contributed by atoms with Crippen LogP contribution in [0.1, 0.15) is 24.8 Å². The predicted octanol–water partition coefficient (Wildman–Crippen LogP) is 2.28. The zero-order chi connectivity index (χ0) is 16.7. The standard InChI is InChI=1S/C18H28N2O3.ClH/c1-20(17(21)18(23-3)10-12-19-13-11-18)14-4-5-15-6-8-16(22-2)9-7-15;/h6-9,19H,4-5,10-14H2,1-3H3;1H. The van der Waals surface area contributed by atoms with Gasteiger partial charge in [-0.1, -0.05) is 12.1 Å². The fourth-order valence-electron chi connectivity index (χ4n) is 3.10. The number of amides is 1. The number of halogens is 1. The lowest BCUT2D eigenvalue weighted by Gasteiger charge is -2.37. The molecular formula is C18H29ClN2O3. The molecule has 2 rings (SSSR count). The van der Waals surface area contributed by atoms with Gasteiger partial charge in [0.2, 0.25) is 0 Å². The van der Waals surface area contributed by atoms with Crippen LogP contribution in [-0.2, 0) is 16.0 Å². The molecule has 0 aromatic heterocycles. The van der Waals surface area contributed by atoms with Crippen LogP contribution in [0.3, 0.4) is 0 Å². The molecule has 24 heavy (non-hydrogen) atoms. The monoisotopic (exact) mass is 356 g/mol. The van der Waals surface area contributed by atoms with Crippen molar-refractivity contribution < 1.29 is 14.3 Å². The van der Waals surface area contributed by atoms with E-state index in [0.717, 1.165) is 51.1 Å². The molecule has 1 N–H and O–H groups in total. The van der Waals surface area contributed by atoms with Crippen molar-refractivity contribution in [2.75, 3.05) is 40.9 Å². The highest BCUT2D eigenvalue weighted by atomic mass is 35.5. The predicted molar refractivity (Wildman–Crippen MR) is 98.0 cm³/mol. The molecule has 6 heteroatoms. The summed E-state index contributed by atoms with van der Waals surface area (Å²) in [5.74, 6) is 0.977. The van der Waals surface area contributed by atoms with Crippen LogP contribution in [0.4, 0.5) is 0 Å². The zero-order valence-corrected chi connectivity index (χ0v) is 15.7. The van der Waals surface area contributed by atoms with Crippen LogP contribution in [0.15, 0.2) is 24.3 Å². The summed E-state index contributed by atoms with van der Waals surface area (Å²) in [6, 6.07) is 8.09. The molecule has 0 radical (unpaired) electrons. The maximum atomic E-state index is 12.7. The molecule has 136 valence electrons. The molecule has 1 aliphatic rings. The average molecular weight is 357 g/mol. The second-order valence-electron chi connectivity index (χ2n) is 6.13. The lowest BCUT2D eigenvalue weighted by molar-refractivity contribution is -0.157. The highest BCUT2D eigenvalue weighted by molar-refractivity contribution is 5.85. The summed E-state index contributed by atoms with van der Waals surface area (Å²) in [5.41, 5.74) is 0.620. The normalized spacial score (nSPS) is 16.1. The van der Waals surface area contributed by atoms with Crippen LogP contribution in [-0.4, -0.2) is 57.3 Å². The summed E-state index contributed by atoms with van der Waals surface area (Å²) < 4.78 is 10.8. The topological polar surface area (TPSA) is 50.8 Å². The third kappa shape index (κ3) is 5.10. The van der Waals surface area contributed by atoms with Gasteiger partial charge in [0.15, 0.2) is 0 Å². The summed E-state index contributed by atoms with van der Waals surface area (Å²) in [6.45, 7) is 2.40. The summed E-state index contributed by atoms with van der Waals surface area (Å²) in [7, 11) is 5.19. The van der Waals surface area contributed by atoms with Gasteiger partial charge < -0.3 is 19.7 Å². The quantitative estimate of drug-likeness (QED) is 0.814. The molecule has 1 heterocycles. The van der Waals surface area contributed by atoms with E-state index in [1.165, 1.54) is 5.56 Å². The van der Waals surface area contributed by atoms with Crippen LogP contribution in [0.2, 0.25) is 0 Å². The minimum atomic E-state index is -0.639. The highest BCUT2D eigenvalue weighted by Gasteiger charge is 2.41. The smallest absolute Gasteiger partial charge is 0.254 e. The molecule has 1 amide bonds. The number of piperidine rings is 1. The molecule has 1 aromatic carbocycles. The van der Waals surface area contributed by atoms with Gasteiger partial charge >= 0.3 is 0 Å². The fraction of sp³-hybridized carbons (Fsp3) is 0.611. The van der Waals surface area contributed by atoms with Gasteiger partial charge in [0, 0.05) is 20.7 Å². The Morgan fingerprint density at radius 1 is 1.21 bits per heavy atom. The molecule has 1 aliphatic heterocycles. The summed E-state index contributed by atoms with van der Waals surface area (Å²) in [4.78, 5) is 14.6. The average Bonchev–Trinajstić information content (AvgIpc) is 2.62. The first-order valence-electron chi connectivity index (χ1n) is 8.26. The van der Waals surface area contributed by atoms with E-state index in [1.807, 2.05) is 24.1 Å². The van der Waals surface area contributed by atoms with E-state index in [0.29, 0.717) is 0 Å². The number of hydrogen-bond acceptors (Lipinski definition) is 4. The fourth-order valence-corrected chi connectivity index (χ4v) is 3.10. The van der Waals surface area contributed by atoms with Gasteiger partial charge in [-0.2, -0.15) is 0 Å². The number of nitrogens with zero attached hydrogens (tertiary/aromatic N) is 1. The SMILES string of the molecule is COc1ccc(CCCN(C)C(=O)C2(OC)CCNCC2)cc1.Cl. The zero-order valence-electron chi connectivity index (χ0n) is 14.8. The Morgan fingerprint density at radius 2 is 1.83 bits per heavy atom. The van der Waals surface area contributed by atoms with E-state index in [4.69, 9.17) is 9.47 Å². The first kappa shape index (κ1) is 20.7. The minimum absolute atomic E-state index is 0. The van der Waals surface area contributed by atoms with E-state index in [1.54, 1.807) is 14.2 Å². The third-order valence-electron chi connectivity index (χ3n) is 4.66. The molecule has 0 spiro atoms. The van der Waals surface area contributed by atoms with Crippen LogP contribution in [0.25, 0.3) is 0 Å². The van der Waals surface area contributed by atoms with Crippen LogP contribution >= 0.6 is 12.4 Å².